The molecule has 1 aliphatic carbocycles. The van der Waals surface area contributed by atoms with Crippen molar-refractivity contribution in [3.8, 4) is 33.4 Å². The molecule has 0 saturated carbocycles. The molecule has 49 heavy (non-hydrogen) atoms. The second-order valence-electron chi connectivity index (χ2n) is 13.8. The second kappa shape index (κ2) is 10.4. The predicted octanol–water partition coefficient (Wildman–Crippen LogP) is 13.3. The monoisotopic (exact) mass is 627 g/mol. The van der Waals surface area contributed by atoms with Crippen LogP contribution in [0.3, 0.4) is 0 Å². The van der Waals surface area contributed by atoms with E-state index in [4.69, 9.17) is 4.42 Å². The third-order valence-corrected chi connectivity index (χ3v) is 10.6. The minimum absolute atomic E-state index is 0.0839. The molecule has 0 aliphatic heterocycles. The first-order chi connectivity index (χ1) is 24.0. The van der Waals surface area contributed by atoms with Gasteiger partial charge >= 0.3 is 0 Å². The lowest BCUT2D eigenvalue weighted by atomic mass is 9.82. The van der Waals surface area contributed by atoms with Crippen molar-refractivity contribution < 1.29 is 4.42 Å². The lowest BCUT2D eigenvalue weighted by Crippen LogP contribution is -2.16. The molecule has 1 aromatic heterocycles. The van der Waals surface area contributed by atoms with Crippen molar-refractivity contribution >= 4 is 49.8 Å². The van der Waals surface area contributed by atoms with Crippen LogP contribution in [0.5, 0.6) is 0 Å². The van der Waals surface area contributed by atoms with Crippen molar-refractivity contribution in [3.05, 3.63) is 175 Å². The average Bonchev–Trinajstić information content (AvgIpc) is 3.64. The van der Waals surface area contributed by atoms with Gasteiger partial charge in [0.2, 0.25) is 0 Å². The minimum Gasteiger partial charge on any atom is -0.456 e. The zero-order chi connectivity index (χ0) is 32.7. The third kappa shape index (κ3) is 4.27. The SMILES string of the molecule is CC1(C)c2ccccc2-c2ccc(N(c3ccc(-c4ccccc4)cc3)c3ccc(-c4cc5ccc6cccc7oc(c4)c5c67)cc3)cc21. The normalized spacial score (nSPS) is 13.3. The van der Waals surface area contributed by atoms with Crippen LogP contribution < -0.4 is 4.90 Å². The summed E-state index contributed by atoms with van der Waals surface area (Å²) in [6.45, 7) is 4.69. The Morgan fingerprint density at radius 2 is 1.02 bits per heavy atom. The zero-order valence-electron chi connectivity index (χ0n) is 27.4. The van der Waals surface area contributed by atoms with Crippen molar-refractivity contribution in [2.75, 3.05) is 4.90 Å². The van der Waals surface area contributed by atoms with Gasteiger partial charge in [-0.2, -0.15) is 0 Å². The van der Waals surface area contributed by atoms with Gasteiger partial charge in [0.15, 0.2) is 0 Å². The van der Waals surface area contributed by atoms with Crippen molar-refractivity contribution in [2.24, 2.45) is 0 Å². The van der Waals surface area contributed by atoms with E-state index in [9.17, 15) is 0 Å². The highest BCUT2D eigenvalue weighted by atomic mass is 16.3. The molecule has 0 unspecified atom stereocenters. The molecule has 8 aromatic carbocycles. The maximum absolute atomic E-state index is 6.36. The highest BCUT2D eigenvalue weighted by Crippen LogP contribution is 2.50. The van der Waals surface area contributed by atoms with E-state index in [-0.39, 0.29) is 5.41 Å². The summed E-state index contributed by atoms with van der Waals surface area (Å²) in [6, 6.07) is 59.5. The van der Waals surface area contributed by atoms with Crippen LogP contribution in [0.2, 0.25) is 0 Å². The lowest BCUT2D eigenvalue weighted by Gasteiger charge is -2.28. The molecular formula is C47H33NO. The van der Waals surface area contributed by atoms with Crippen molar-refractivity contribution in [1.82, 2.24) is 0 Å². The summed E-state index contributed by atoms with van der Waals surface area (Å²) in [4.78, 5) is 2.38. The molecule has 2 heteroatoms. The zero-order valence-corrected chi connectivity index (χ0v) is 27.4. The van der Waals surface area contributed by atoms with Gasteiger partial charge in [0.25, 0.3) is 0 Å². The first-order valence-corrected chi connectivity index (χ1v) is 17.0. The minimum atomic E-state index is -0.0839. The molecule has 0 radical (unpaired) electrons. The Bertz CT molecular complexity index is 2660. The van der Waals surface area contributed by atoms with E-state index in [0.29, 0.717) is 0 Å². The topological polar surface area (TPSA) is 16.4 Å². The summed E-state index contributed by atoms with van der Waals surface area (Å²) in [5.41, 5.74) is 15.3. The van der Waals surface area contributed by atoms with Crippen LogP contribution in [0.4, 0.5) is 17.1 Å². The largest absolute Gasteiger partial charge is 0.456 e. The standard InChI is InChI=1S/C47H33NO/c1-47(2)41-13-7-6-12-39(41)40-26-25-38(29-42(40)47)48(36-21-17-31(18-22-36)30-9-4-3-5-10-30)37-23-19-32(20-24-37)35-27-34-16-15-33-11-8-14-43-45(33)46(34)44(28-35)49-43/h3-29H,1-2H3. The van der Waals surface area contributed by atoms with Crippen LogP contribution >= 0.6 is 0 Å². The fourth-order valence-electron chi connectivity index (χ4n) is 8.14. The number of hydrogen-bond acceptors (Lipinski definition) is 2. The van der Waals surface area contributed by atoms with Gasteiger partial charge in [-0.25, -0.2) is 0 Å². The van der Waals surface area contributed by atoms with Crippen LogP contribution in [0.1, 0.15) is 25.0 Å². The molecule has 232 valence electrons. The Hall–Kier alpha value is -6.12. The quantitative estimate of drug-likeness (QED) is 0.177. The van der Waals surface area contributed by atoms with Gasteiger partial charge in [-0.05, 0) is 110 Å². The summed E-state index contributed by atoms with van der Waals surface area (Å²) < 4.78 is 6.36. The van der Waals surface area contributed by atoms with Crippen LogP contribution in [0.15, 0.2) is 168 Å². The van der Waals surface area contributed by atoms with E-state index in [1.54, 1.807) is 0 Å². The molecule has 0 N–H and O–H groups in total. The van der Waals surface area contributed by atoms with E-state index in [1.807, 2.05) is 0 Å². The maximum atomic E-state index is 6.36. The Labute approximate surface area is 285 Å². The maximum Gasteiger partial charge on any atom is 0.136 e. The Morgan fingerprint density at radius 1 is 0.408 bits per heavy atom. The number of fused-ring (bicyclic) bond motifs is 3. The van der Waals surface area contributed by atoms with E-state index < -0.39 is 0 Å². The van der Waals surface area contributed by atoms with Crippen LogP contribution in [0, 0.1) is 0 Å². The molecule has 0 spiro atoms. The molecule has 10 rings (SSSR count). The number of rotatable bonds is 5. The first-order valence-electron chi connectivity index (χ1n) is 17.0. The first kappa shape index (κ1) is 27.9. The predicted molar refractivity (Wildman–Crippen MR) is 206 cm³/mol. The van der Waals surface area contributed by atoms with Gasteiger partial charge in [-0.1, -0.05) is 123 Å². The van der Waals surface area contributed by atoms with E-state index in [0.717, 1.165) is 39.4 Å². The van der Waals surface area contributed by atoms with Gasteiger partial charge < -0.3 is 9.32 Å². The van der Waals surface area contributed by atoms with Crippen molar-refractivity contribution in [2.45, 2.75) is 19.3 Å². The Morgan fingerprint density at radius 3 is 1.80 bits per heavy atom. The smallest absolute Gasteiger partial charge is 0.136 e. The molecule has 0 fully saturated rings. The highest BCUT2D eigenvalue weighted by Gasteiger charge is 2.35. The fraction of sp³-hybridized carbons (Fsp3) is 0.0638. The van der Waals surface area contributed by atoms with Crippen molar-refractivity contribution in [1.29, 1.82) is 0 Å². The molecule has 0 bridgehead atoms. The Kier molecular flexibility index (Phi) is 5.95. The summed E-state index contributed by atoms with van der Waals surface area (Å²) in [7, 11) is 0. The molecule has 0 amide bonds. The fourth-order valence-corrected chi connectivity index (χ4v) is 8.14. The second-order valence-corrected chi connectivity index (χ2v) is 13.8. The van der Waals surface area contributed by atoms with Crippen LogP contribution in [-0.4, -0.2) is 0 Å². The van der Waals surface area contributed by atoms with E-state index in [2.05, 4.69) is 183 Å². The molecule has 0 saturated heterocycles. The number of furan rings is 1. The van der Waals surface area contributed by atoms with Gasteiger partial charge in [-0.3, -0.25) is 0 Å². The molecular weight excluding hydrogens is 595 g/mol. The summed E-state index contributed by atoms with van der Waals surface area (Å²) in [6.07, 6.45) is 0. The van der Waals surface area contributed by atoms with Crippen LogP contribution in [-0.2, 0) is 5.41 Å². The highest BCUT2D eigenvalue weighted by molar-refractivity contribution is 6.22. The lowest BCUT2D eigenvalue weighted by molar-refractivity contribution is 0.660. The summed E-state index contributed by atoms with van der Waals surface area (Å²) >= 11 is 0. The van der Waals surface area contributed by atoms with Gasteiger partial charge in [0, 0.05) is 33.2 Å². The molecule has 1 aliphatic rings. The van der Waals surface area contributed by atoms with Gasteiger partial charge in [0.1, 0.15) is 11.2 Å². The summed E-state index contributed by atoms with van der Waals surface area (Å²) in [5.74, 6) is 0. The van der Waals surface area contributed by atoms with Crippen molar-refractivity contribution in [3.63, 3.8) is 0 Å². The number of nitrogens with zero attached hydrogens (tertiary/aromatic N) is 1. The average molecular weight is 628 g/mol. The van der Waals surface area contributed by atoms with E-state index >= 15 is 0 Å². The molecule has 0 atom stereocenters. The molecule has 2 nitrogen and oxygen atoms in total. The Balaban J connectivity index is 1.08. The third-order valence-electron chi connectivity index (χ3n) is 10.6. The van der Waals surface area contributed by atoms with Gasteiger partial charge in [-0.15, -0.1) is 0 Å². The number of benzene rings is 8. The van der Waals surface area contributed by atoms with Crippen LogP contribution in [0.25, 0.3) is 66.1 Å². The summed E-state index contributed by atoms with van der Waals surface area (Å²) in [5, 5.41) is 4.85. The van der Waals surface area contributed by atoms with Gasteiger partial charge in [0.05, 0.1) is 0 Å². The number of hydrogen-bond donors (Lipinski definition) is 0. The molecule has 9 aromatic rings. The number of anilines is 3. The molecule has 1 heterocycles. The van der Waals surface area contributed by atoms with E-state index in [1.165, 1.54) is 54.9 Å².